The lowest BCUT2D eigenvalue weighted by Crippen LogP contribution is -2.18. The first-order valence-electron chi connectivity index (χ1n) is 4.06. The molecule has 0 spiro atoms. The van der Waals surface area contributed by atoms with Gasteiger partial charge in [0.2, 0.25) is 0 Å². The van der Waals surface area contributed by atoms with Crippen molar-refractivity contribution >= 4 is 0 Å². The molecule has 2 nitrogen and oxygen atoms in total. The molecule has 1 aliphatic rings. The van der Waals surface area contributed by atoms with Crippen molar-refractivity contribution in [2.45, 2.75) is 13.0 Å². The van der Waals surface area contributed by atoms with E-state index in [-0.39, 0.29) is 0 Å². The lowest BCUT2D eigenvalue weighted by atomic mass is 9.96. The van der Waals surface area contributed by atoms with E-state index in [0.717, 1.165) is 25.1 Å². The van der Waals surface area contributed by atoms with E-state index >= 15 is 0 Å². The van der Waals surface area contributed by atoms with Gasteiger partial charge in [0.1, 0.15) is 0 Å². The second-order valence-electron chi connectivity index (χ2n) is 2.91. The fraction of sp³-hybridized carbons (Fsp3) is 0.300. The molecule has 0 N–H and O–H groups in total. The molecule has 2 heteroatoms. The molecule has 0 saturated heterocycles. The second-order valence-corrected chi connectivity index (χ2v) is 2.91. The minimum absolute atomic E-state index is 0.783. The molecule has 0 aromatic heterocycles. The van der Waals surface area contributed by atoms with Crippen molar-refractivity contribution in [2.24, 2.45) is 0 Å². The van der Waals surface area contributed by atoms with Crippen molar-refractivity contribution in [2.75, 3.05) is 6.54 Å². The summed E-state index contributed by atoms with van der Waals surface area (Å²) in [6, 6.07) is 8.08. The van der Waals surface area contributed by atoms with Crippen molar-refractivity contribution in [1.82, 2.24) is 5.32 Å². The first-order valence-corrected chi connectivity index (χ1v) is 4.06. The Morgan fingerprint density at radius 2 is 2.33 bits per heavy atom. The summed E-state index contributed by atoms with van der Waals surface area (Å²) in [6.07, 6.45) is 0.930. The van der Waals surface area contributed by atoms with E-state index in [4.69, 9.17) is 5.26 Å². The zero-order valence-electron chi connectivity index (χ0n) is 6.75. The fourth-order valence-corrected chi connectivity index (χ4v) is 1.57. The molecule has 0 atom stereocenters. The SMILES string of the molecule is N#Cc1cccc2c1CC[N]C2. The number of rotatable bonds is 0. The summed E-state index contributed by atoms with van der Waals surface area (Å²) < 4.78 is 0. The van der Waals surface area contributed by atoms with Gasteiger partial charge in [0.05, 0.1) is 11.6 Å². The number of nitrogens with zero attached hydrogens (tertiary/aromatic N) is 2. The van der Waals surface area contributed by atoms with E-state index in [9.17, 15) is 0 Å². The Hall–Kier alpha value is -1.33. The lowest BCUT2D eigenvalue weighted by molar-refractivity contribution is 0.629. The summed E-state index contributed by atoms with van der Waals surface area (Å²) in [5, 5.41) is 13.1. The number of hydrogen-bond acceptors (Lipinski definition) is 1. The minimum atomic E-state index is 0.783. The van der Waals surface area contributed by atoms with Crippen LogP contribution in [0.2, 0.25) is 0 Å². The van der Waals surface area contributed by atoms with Gasteiger partial charge in [-0.1, -0.05) is 12.1 Å². The first kappa shape index (κ1) is 7.33. The fourth-order valence-electron chi connectivity index (χ4n) is 1.57. The average Bonchev–Trinajstić information content (AvgIpc) is 2.17. The van der Waals surface area contributed by atoms with Crippen LogP contribution in [0.15, 0.2) is 18.2 Å². The monoisotopic (exact) mass is 157 g/mol. The number of hydrogen-bond donors (Lipinski definition) is 0. The third kappa shape index (κ3) is 1.09. The normalized spacial score (nSPS) is 14.9. The maximum absolute atomic E-state index is 8.81. The smallest absolute Gasteiger partial charge is 0.0994 e. The van der Waals surface area contributed by atoms with E-state index in [1.54, 1.807) is 0 Å². The molecule has 12 heavy (non-hydrogen) atoms. The van der Waals surface area contributed by atoms with Gasteiger partial charge in [0.25, 0.3) is 0 Å². The number of nitriles is 1. The number of benzene rings is 1. The van der Waals surface area contributed by atoms with Crippen LogP contribution in [0, 0.1) is 11.3 Å². The van der Waals surface area contributed by atoms with Crippen LogP contribution in [0.25, 0.3) is 0 Å². The van der Waals surface area contributed by atoms with Gasteiger partial charge in [-0.15, -0.1) is 0 Å². The molecule has 1 aromatic rings. The first-order chi connectivity index (χ1) is 5.92. The predicted molar refractivity (Wildman–Crippen MR) is 45.6 cm³/mol. The predicted octanol–water partition coefficient (Wildman–Crippen LogP) is 1.22. The third-order valence-corrected chi connectivity index (χ3v) is 2.20. The Morgan fingerprint density at radius 1 is 1.42 bits per heavy atom. The quantitative estimate of drug-likeness (QED) is 0.558. The van der Waals surface area contributed by atoms with Crippen molar-refractivity contribution < 1.29 is 0 Å². The Balaban J connectivity index is 2.53. The summed E-state index contributed by atoms with van der Waals surface area (Å²) in [4.78, 5) is 0. The van der Waals surface area contributed by atoms with Gasteiger partial charge in [0.15, 0.2) is 0 Å². The van der Waals surface area contributed by atoms with Crippen LogP contribution in [0.3, 0.4) is 0 Å². The van der Waals surface area contributed by atoms with Crippen molar-refractivity contribution in [3.8, 4) is 6.07 Å². The van der Waals surface area contributed by atoms with Crippen molar-refractivity contribution in [3.63, 3.8) is 0 Å². The van der Waals surface area contributed by atoms with E-state index in [1.165, 1.54) is 11.1 Å². The van der Waals surface area contributed by atoms with Crippen molar-refractivity contribution in [3.05, 3.63) is 34.9 Å². The minimum Gasteiger partial charge on any atom is -0.237 e. The molecule has 1 radical (unpaired) electrons. The average molecular weight is 157 g/mol. The molecule has 0 bridgehead atoms. The topological polar surface area (TPSA) is 37.9 Å². The van der Waals surface area contributed by atoms with Crippen LogP contribution in [-0.2, 0) is 13.0 Å². The molecule has 0 saturated carbocycles. The summed E-state index contributed by atoms with van der Waals surface area (Å²) in [6.45, 7) is 1.65. The zero-order chi connectivity index (χ0) is 8.39. The van der Waals surface area contributed by atoms with Crippen LogP contribution in [-0.4, -0.2) is 6.54 Å². The highest BCUT2D eigenvalue weighted by molar-refractivity contribution is 5.43. The maximum Gasteiger partial charge on any atom is 0.0994 e. The van der Waals surface area contributed by atoms with E-state index in [2.05, 4.69) is 17.5 Å². The van der Waals surface area contributed by atoms with Gasteiger partial charge in [-0.2, -0.15) is 5.26 Å². The van der Waals surface area contributed by atoms with Gasteiger partial charge >= 0.3 is 0 Å². The van der Waals surface area contributed by atoms with Crippen LogP contribution in [0.4, 0.5) is 0 Å². The van der Waals surface area contributed by atoms with E-state index in [1.807, 2.05) is 12.1 Å². The van der Waals surface area contributed by atoms with Gasteiger partial charge < -0.3 is 0 Å². The van der Waals surface area contributed by atoms with Gasteiger partial charge in [0, 0.05) is 13.1 Å². The highest BCUT2D eigenvalue weighted by Gasteiger charge is 2.11. The summed E-state index contributed by atoms with van der Waals surface area (Å²) in [5.41, 5.74) is 3.25. The molecule has 0 fully saturated rings. The van der Waals surface area contributed by atoms with E-state index in [0.29, 0.717) is 0 Å². The van der Waals surface area contributed by atoms with Crippen molar-refractivity contribution in [1.29, 1.82) is 5.26 Å². The maximum atomic E-state index is 8.81. The van der Waals surface area contributed by atoms with Crippen LogP contribution >= 0.6 is 0 Å². The molecule has 1 heterocycles. The Bertz CT molecular complexity index is 336. The Labute approximate surface area is 71.8 Å². The Kier molecular flexibility index (Phi) is 1.81. The molecule has 59 valence electrons. The van der Waals surface area contributed by atoms with Gasteiger partial charge in [-0.3, -0.25) is 0 Å². The summed E-state index contributed by atoms with van der Waals surface area (Å²) in [5.74, 6) is 0. The molecular formula is C10H9N2. The highest BCUT2D eigenvalue weighted by atomic mass is 14.9. The third-order valence-electron chi connectivity index (χ3n) is 2.20. The van der Waals surface area contributed by atoms with Gasteiger partial charge in [-0.25, -0.2) is 5.32 Å². The largest absolute Gasteiger partial charge is 0.237 e. The summed E-state index contributed by atoms with van der Waals surface area (Å²) >= 11 is 0. The molecule has 0 unspecified atom stereocenters. The van der Waals surface area contributed by atoms with Crippen LogP contribution in [0.1, 0.15) is 16.7 Å². The summed E-state index contributed by atoms with van der Waals surface area (Å²) in [7, 11) is 0. The standard InChI is InChI=1S/C10H9N2/c11-6-8-2-1-3-9-7-12-5-4-10(8)9/h1-3H,4-5,7H2. The van der Waals surface area contributed by atoms with Crippen LogP contribution in [0.5, 0.6) is 0 Å². The molecule has 2 rings (SSSR count). The molecule has 1 aromatic carbocycles. The lowest BCUT2D eigenvalue weighted by Gasteiger charge is -2.15. The molecule has 1 aliphatic heterocycles. The zero-order valence-corrected chi connectivity index (χ0v) is 6.75. The van der Waals surface area contributed by atoms with E-state index < -0.39 is 0 Å². The molecular weight excluding hydrogens is 148 g/mol. The Morgan fingerprint density at radius 3 is 3.17 bits per heavy atom. The molecule has 0 amide bonds. The number of fused-ring (bicyclic) bond motifs is 1. The molecule has 0 aliphatic carbocycles. The highest BCUT2D eigenvalue weighted by Crippen LogP contribution is 2.17. The second kappa shape index (κ2) is 2.96. The van der Waals surface area contributed by atoms with Crippen LogP contribution < -0.4 is 5.32 Å². The van der Waals surface area contributed by atoms with Gasteiger partial charge in [-0.05, 0) is 23.6 Å².